The lowest BCUT2D eigenvalue weighted by molar-refractivity contribution is 0.145. The number of anilines is 2. The minimum atomic E-state index is -0.246. The number of hydrogen-bond acceptors (Lipinski definition) is 4. The third-order valence-electron chi connectivity index (χ3n) is 4.68. The summed E-state index contributed by atoms with van der Waals surface area (Å²) in [4.78, 5) is 2.13. The molecule has 0 saturated carbocycles. The number of nitrogens with zero attached hydrogens (tertiary/aromatic N) is 2. The molecule has 1 saturated heterocycles. The fraction of sp³-hybridized carbons (Fsp3) is 0.350. The molecular weight excluding hydrogens is 317 g/mol. The Morgan fingerprint density at radius 1 is 1.24 bits per heavy atom. The molecule has 0 radical (unpaired) electrons. The summed E-state index contributed by atoms with van der Waals surface area (Å²) in [5.41, 5.74) is 2.85. The maximum atomic E-state index is 13.9. The van der Waals surface area contributed by atoms with Crippen LogP contribution in [0.1, 0.15) is 36.9 Å². The zero-order chi connectivity index (χ0) is 17.8. The van der Waals surface area contributed by atoms with Gasteiger partial charge >= 0.3 is 0 Å². The Balaban J connectivity index is 1.78. The first kappa shape index (κ1) is 17.2. The molecule has 1 aliphatic rings. The summed E-state index contributed by atoms with van der Waals surface area (Å²) < 4.78 is 13.9. The molecule has 5 heteroatoms. The predicted octanol–water partition coefficient (Wildman–Crippen LogP) is 3.83. The Morgan fingerprint density at radius 3 is 2.64 bits per heavy atom. The maximum absolute atomic E-state index is 13.9. The van der Waals surface area contributed by atoms with Gasteiger partial charge in [-0.05, 0) is 44.0 Å². The molecule has 3 rings (SSSR count). The smallest absolute Gasteiger partial charge is 0.128 e. The lowest BCUT2D eigenvalue weighted by Crippen LogP contribution is -2.36. The van der Waals surface area contributed by atoms with Gasteiger partial charge in [-0.3, -0.25) is 0 Å². The van der Waals surface area contributed by atoms with E-state index < -0.39 is 0 Å². The fourth-order valence-corrected chi connectivity index (χ4v) is 3.25. The monoisotopic (exact) mass is 339 g/mol. The quantitative estimate of drug-likeness (QED) is 0.889. The van der Waals surface area contributed by atoms with E-state index in [0.717, 1.165) is 37.3 Å². The van der Waals surface area contributed by atoms with Crippen LogP contribution < -0.4 is 10.2 Å². The van der Waals surface area contributed by atoms with Crippen molar-refractivity contribution in [1.82, 2.24) is 0 Å². The van der Waals surface area contributed by atoms with E-state index in [1.165, 1.54) is 6.07 Å². The number of aliphatic hydroxyl groups is 1. The van der Waals surface area contributed by atoms with E-state index in [9.17, 15) is 14.8 Å². The average Bonchev–Trinajstić information content (AvgIpc) is 2.62. The Bertz CT molecular complexity index is 779. The number of nitrogens with one attached hydrogen (secondary N) is 1. The van der Waals surface area contributed by atoms with E-state index >= 15 is 0 Å². The van der Waals surface area contributed by atoms with Gasteiger partial charge in [0.25, 0.3) is 0 Å². The van der Waals surface area contributed by atoms with Crippen LogP contribution >= 0.6 is 0 Å². The molecule has 0 aromatic heterocycles. The molecular formula is C20H22FN3O. The number of piperidine rings is 1. The highest BCUT2D eigenvalue weighted by molar-refractivity contribution is 5.66. The van der Waals surface area contributed by atoms with Gasteiger partial charge in [0, 0.05) is 24.3 Å². The third-order valence-corrected chi connectivity index (χ3v) is 4.68. The van der Waals surface area contributed by atoms with Crippen molar-refractivity contribution in [3.8, 4) is 6.07 Å². The first-order valence-corrected chi connectivity index (χ1v) is 8.56. The van der Waals surface area contributed by atoms with E-state index in [1.807, 2.05) is 25.1 Å². The summed E-state index contributed by atoms with van der Waals surface area (Å²) in [6, 6.07) is 14.4. The molecule has 0 spiro atoms. The molecule has 0 bridgehead atoms. The van der Waals surface area contributed by atoms with E-state index in [0.29, 0.717) is 11.1 Å². The second kappa shape index (κ2) is 7.54. The highest BCUT2D eigenvalue weighted by atomic mass is 19.1. The standard InChI is InChI=1S/C20H22FN3O/c1-14(18-4-2-3-5-19(18)21)23-16-6-7-20(15(12-16)13-22)24-10-8-17(25)9-11-24/h2-7,12,14,17,23,25H,8-11H2,1H3. The second-order valence-electron chi connectivity index (χ2n) is 6.45. The Morgan fingerprint density at radius 2 is 1.96 bits per heavy atom. The fourth-order valence-electron chi connectivity index (χ4n) is 3.25. The van der Waals surface area contributed by atoms with Gasteiger partial charge in [-0.25, -0.2) is 4.39 Å². The molecule has 1 atom stereocenters. The molecule has 2 aromatic rings. The van der Waals surface area contributed by atoms with Crippen molar-refractivity contribution in [2.75, 3.05) is 23.3 Å². The van der Waals surface area contributed by atoms with E-state index in [1.54, 1.807) is 18.2 Å². The highest BCUT2D eigenvalue weighted by Gasteiger charge is 2.20. The van der Waals surface area contributed by atoms with Crippen molar-refractivity contribution in [2.24, 2.45) is 0 Å². The molecule has 0 amide bonds. The number of rotatable bonds is 4. The first-order chi connectivity index (χ1) is 12.1. The molecule has 130 valence electrons. The van der Waals surface area contributed by atoms with Crippen LogP contribution in [0.5, 0.6) is 0 Å². The summed E-state index contributed by atoms with van der Waals surface area (Å²) in [5.74, 6) is -0.244. The summed E-state index contributed by atoms with van der Waals surface area (Å²) in [6.45, 7) is 3.38. The molecule has 1 fully saturated rings. The third kappa shape index (κ3) is 3.92. The van der Waals surface area contributed by atoms with Gasteiger partial charge in [0.1, 0.15) is 11.9 Å². The minimum absolute atomic E-state index is 0.205. The molecule has 0 aliphatic carbocycles. The van der Waals surface area contributed by atoms with Crippen molar-refractivity contribution in [3.05, 3.63) is 59.4 Å². The van der Waals surface area contributed by atoms with Gasteiger partial charge in [-0.15, -0.1) is 0 Å². The van der Waals surface area contributed by atoms with Crippen LogP contribution in [0.25, 0.3) is 0 Å². The van der Waals surface area contributed by atoms with E-state index in [4.69, 9.17) is 0 Å². The first-order valence-electron chi connectivity index (χ1n) is 8.56. The SMILES string of the molecule is CC(Nc1ccc(N2CCC(O)CC2)c(C#N)c1)c1ccccc1F. The summed E-state index contributed by atoms with van der Waals surface area (Å²) >= 11 is 0. The molecule has 25 heavy (non-hydrogen) atoms. The highest BCUT2D eigenvalue weighted by Crippen LogP contribution is 2.29. The number of benzene rings is 2. The van der Waals surface area contributed by atoms with Crippen molar-refractivity contribution >= 4 is 11.4 Å². The summed E-state index contributed by atoms with van der Waals surface area (Å²) in [5, 5.41) is 22.4. The van der Waals surface area contributed by atoms with E-state index in [-0.39, 0.29) is 18.0 Å². The predicted molar refractivity (Wildman–Crippen MR) is 97.0 cm³/mol. The maximum Gasteiger partial charge on any atom is 0.128 e. The molecule has 1 unspecified atom stereocenters. The van der Waals surface area contributed by atoms with Crippen LogP contribution in [0.15, 0.2) is 42.5 Å². The van der Waals surface area contributed by atoms with Crippen LogP contribution in [0.4, 0.5) is 15.8 Å². The molecule has 1 aliphatic heterocycles. The number of halogens is 1. The van der Waals surface area contributed by atoms with Crippen LogP contribution in [0.2, 0.25) is 0 Å². The van der Waals surface area contributed by atoms with Gasteiger partial charge in [0.05, 0.1) is 23.4 Å². The lowest BCUT2D eigenvalue weighted by Gasteiger charge is -2.32. The van der Waals surface area contributed by atoms with Gasteiger partial charge in [-0.2, -0.15) is 5.26 Å². The molecule has 2 N–H and O–H groups in total. The van der Waals surface area contributed by atoms with Crippen molar-refractivity contribution in [3.63, 3.8) is 0 Å². The molecule has 1 heterocycles. The number of nitriles is 1. The van der Waals surface area contributed by atoms with Crippen LogP contribution in [-0.4, -0.2) is 24.3 Å². The molecule has 2 aromatic carbocycles. The Hall–Kier alpha value is -2.58. The second-order valence-corrected chi connectivity index (χ2v) is 6.45. The van der Waals surface area contributed by atoms with Gasteiger partial charge in [-0.1, -0.05) is 18.2 Å². The average molecular weight is 339 g/mol. The number of aliphatic hydroxyl groups excluding tert-OH is 1. The van der Waals surface area contributed by atoms with Crippen LogP contribution in [-0.2, 0) is 0 Å². The van der Waals surface area contributed by atoms with Crippen LogP contribution in [0.3, 0.4) is 0 Å². The lowest BCUT2D eigenvalue weighted by atomic mass is 10.0. The van der Waals surface area contributed by atoms with E-state index in [2.05, 4.69) is 16.3 Å². The Kier molecular flexibility index (Phi) is 5.20. The van der Waals surface area contributed by atoms with Gasteiger partial charge in [0.15, 0.2) is 0 Å². The zero-order valence-corrected chi connectivity index (χ0v) is 14.2. The topological polar surface area (TPSA) is 59.3 Å². The van der Waals surface area contributed by atoms with Gasteiger partial charge in [0.2, 0.25) is 0 Å². The minimum Gasteiger partial charge on any atom is -0.393 e. The molecule has 4 nitrogen and oxygen atoms in total. The zero-order valence-electron chi connectivity index (χ0n) is 14.2. The number of hydrogen-bond donors (Lipinski definition) is 2. The van der Waals surface area contributed by atoms with Crippen LogP contribution in [0, 0.1) is 17.1 Å². The van der Waals surface area contributed by atoms with Crippen molar-refractivity contribution in [2.45, 2.75) is 31.9 Å². The summed E-state index contributed by atoms with van der Waals surface area (Å²) in [6.07, 6.45) is 1.19. The largest absolute Gasteiger partial charge is 0.393 e. The summed E-state index contributed by atoms with van der Waals surface area (Å²) in [7, 11) is 0. The van der Waals surface area contributed by atoms with Crippen molar-refractivity contribution in [1.29, 1.82) is 5.26 Å². The van der Waals surface area contributed by atoms with Gasteiger partial charge < -0.3 is 15.3 Å². The normalized spacial score (nSPS) is 16.3. The Labute approximate surface area is 147 Å². The van der Waals surface area contributed by atoms with Crippen molar-refractivity contribution < 1.29 is 9.50 Å².